The van der Waals surface area contributed by atoms with Crippen molar-refractivity contribution in [3.8, 4) is 0 Å². The van der Waals surface area contributed by atoms with Crippen LogP contribution >= 0.6 is 23.1 Å². The fraction of sp³-hybridized carbons (Fsp3) is 0.421. The zero-order valence-corrected chi connectivity index (χ0v) is 17.4. The summed E-state index contributed by atoms with van der Waals surface area (Å²) < 4.78 is 5.07. The molecule has 0 spiro atoms. The molecule has 0 aliphatic carbocycles. The number of ether oxygens (including phenoxy) is 1. The normalized spacial score (nSPS) is 19.0. The fourth-order valence-corrected chi connectivity index (χ4v) is 4.93. The lowest BCUT2D eigenvalue weighted by Crippen LogP contribution is -2.38. The van der Waals surface area contributed by atoms with Gasteiger partial charge >= 0.3 is 5.97 Å². The zero-order chi connectivity index (χ0) is 19.6. The molecule has 0 bridgehead atoms. The van der Waals surface area contributed by atoms with Crippen LogP contribution < -0.4 is 5.32 Å². The molecule has 2 aliphatic rings. The van der Waals surface area contributed by atoms with Crippen LogP contribution in [0.3, 0.4) is 0 Å². The monoisotopic (exact) mass is 405 g/mol. The summed E-state index contributed by atoms with van der Waals surface area (Å²) >= 11 is 3.07. The van der Waals surface area contributed by atoms with E-state index in [-0.39, 0.29) is 30.4 Å². The Balaban J connectivity index is 2.01. The van der Waals surface area contributed by atoms with E-state index in [0.717, 1.165) is 21.4 Å². The molecular formula is C19H23N3O3S2. The Morgan fingerprint density at radius 1 is 1.41 bits per heavy atom. The summed E-state index contributed by atoms with van der Waals surface area (Å²) in [5.41, 5.74) is 2.12. The molecule has 0 saturated carbocycles. The van der Waals surface area contributed by atoms with Gasteiger partial charge in [-0.3, -0.25) is 4.79 Å². The third kappa shape index (κ3) is 3.96. The van der Waals surface area contributed by atoms with Crippen LogP contribution in [-0.2, 0) is 14.3 Å². The number of nitrogens with zero attached hydrogens (tertiary/aromatic N) is 2. The second kappa shape index (κ2) is 8.31. The highest BCUT2D eigenvalue weighted by Crippen LogP contribution is 2.46. The highest BCUT2D eigenvalue weighted by Gasteiger charge is 2.41. The maximum atomic E-state index is 12.6. The van der Waals surface area contributed by atoms with Gasteiger partial charge < -0.3 is 15.0 Å². The Labute approximate surface area is 167 Å². The van der Waals surface area contributed by atoms with Crippen LogP contribution in [0, 0.1) is 0 Å². The number of amides is 1. The Morgan fingerprint density at radius 2 is 2.19 bits per heavy atom. The van der Waals surface area contributed by atoms with Crippen LogP contribution in [0.2, 0.25) is 0 Å². The lowest BCUT2D eigenvalue weighted by atomic mass is 9.98. The van der Waals surface area contributed by atoms with Crippen molar-refractivity contribution in [2.24, 2.45) is 4.99 Å². The van der Waals surface area contributed by atoms with Gasteiger partial charge in [-0.2, -0.15) is 0 Å². The number of thioether (sulfide) groups is 1. The Bertz CT molecular complexity index is 825. The second-order valence-corrected chi connectivity index (χ2v) is 8.33. The van der Waals surface area contributed by atoms with Crippen molar-refractivity contribution in [3.63, 3.8) is 0 Å². The maximum absolute atomic E-state index is 12.6. The molecular weight excluding hydrogens is 382 g/mol. The second-order valence-electron chi connectivity index (χ2n) is 6.51. The topological polar surface area (TPSA) is 71.0 Å². The Kier molecular flexibility index (Phi) is 6.06. The summed E-state index contributed by atoms with van der Waals surface area (Å²) in [6.07, 6.45) is 0.870. The number of hydrogen-bond donors (Lipinski definition) is 1. The predicted molar refractivity (Wildman–Crippen MR) is 109 cm³/mol. The number of fused-ring (bicyclic) bond motifs is 1. The number of allylic oxidation sites excluding steroid dienone is 1. The molecule has 1 aromatic heterocycles. The van der Waals surface area contributed by atoms with Gasteiger partial charge in [0.15, 0.2) is 5.17 Å². The zero-order valence-electron chi connectivity index (χ0n) is 15.8. The molecule has 0 fully saturated rings. The Hall–Kier alpha value is -2.06. The molecule has 1 unspecified atom stereocenters. The number of esters is 1. The molecule has 1 amide bonds. The molecule has 8 heteroatoms. The van der Waals surface area contributed by atoms with Crippen molar-refractivity contribution in [1.82, 2.24) is 10.2 Å². The molecule has 144 valence electrons. The van der Waals surface area contributed by atoms with Crippen LogP contribution in [0.15, 0.2) is 44.9 Å². The fourth-order valence-electron chi connectivity index (χ4n) is 3.17. The molecule has 0 radical (unpaired) electrons. The minimum absolute atomic E-state index is 0.0482. The number of amidine groups is 1. The van der Waals surface area contributed by atoms with Crippen molar-refractivity contribution < 1.29 is 14.3 Å². The summed E-state index contributed by atoms with van der Waals surface area (Å²) in [5, 5.41) is 7.66. The molecule has 2 aliphatic heterocycles. The van der Waals surface area contributed by atoms with Gasteiger partial charge in [0.1, 0.15) is 6.04 Å². The van der Waals surface area contributed by atoms with E-state index in [1.54, 1.807) is 11.3 Å². The number of nitrogens with one attached hydrogen (secondary N) is 1. The lowest BCUT2D eigenvalue weighted by Gasteiger charge is -2.35. The quantitative estimate of drug-likeness (QED) is 0.729. The van der Waals surface area contributed by atoms with E-state index in [0.29, 0.717) is 12.0 Å². The summed E-state index contributed by atoms with van der Waals surface area (Å²) in [7, 11) is 1.39. The van der Waals surface area contributed by atoms with Gasteiger partial charge in [-0.15, -0.1) is 11.3 Å². The first kappa shape index (κ1) is 19.7. The molecule has 1 N–H and O–H groups in total. The van der Waals surface area contributed by atoms with Gasteiger partial charge in [-0.25, -0.2) is 9.79 Å². The first-order valence-corrected chi connectivity index (χ1v) is 10.6. The van der Waals surface area contributed by atoms with Crippen molar-refractivity contribution in [2.45, 2.75) is 45.7 Å². The van der Waals surface area contributed by atoms with Crippen molar-refractivity contribution in [3.05, 3.63) is 44.8 Å². The van der Waals surface area contributed by atoms with Gasteiger partial charge in [-0.1, -0.05) is 24.8 Å². The number of carbonyl (C=O) groups excluding carboxylic acids is 2. The van der Waals surface area contributed by atoms with Crippen molar-refractivity contribution in [1.29, 1.82) is 0 Å². The van der Waals surface area contributed by atoms with Crippen LogP contribution in [0.25, 0.3) is 0 Å². The van der Waals surface area contributed by atoms with Crippen molar-refractivity contribution >= 4 is 40.1 Å². The number of thiophene rings is 1. The van der Waals surface area contributed by atoms with E-state index in [1.807, 2.05) is 48.6 Å². The van der Waals surface area contributed by atoms with Crippen LogP contribution in [-0.4, -0.2) is 35.1 Å². The van der Waals surface area contributed by atoms with Crippen LogP contribution in [0.5, 0.6) is 0 Å². The average molecular weight is 406 g/mol. The van der Waals surface area contributed by atoms with E-state index in [4.69, 9.17) is 9.73 Å². The van der Waals surface area contributed by atoms with Crippen molar-refractivity contribution in [2.75, 3.05) is 7.11 Å². The largest absolute Gasteiger partial charge is 0.466 e. The number of methoxy groups -OCH3 is 1. The molecule has 3 rings (SSSR count). The number of hydrogen-bond acceptors (Lipinski definition) is 7. The van der Waals surface area contributed by atoms with Crippen LogP contribution in [0.4, 0.5) is 0 Å². The highest BCUT2D eigenvalue weighted by atomic mass is 32.2. The summed E-state index contributed by atoms with van der Waals surface area (Å²) in [4.78, 5) is 32.7. The van der Waals surface area contributed by atoms with E-state index in [2.05, 4.69) is 5.32 Å². The number of rotatable bonds is 6. The van der Waals surface area contributed by atoms with Gasteiger partial charge in [-0.05, 0) is 37.1 Å². The van der Waals surface area contributed by atoms with Crippen LogP contribution in [0.1, 0.15) is 44.5 Å². The van der Waals surface area contributed by atoms with Gasteiger partial charge in [0, 0.05) is 16.6 Å². The first-order valence-electron chi connectivity index (χ1n) is 8.84. The number of carbonyl (C=O) groups is 2. The number of aliphatic imine (C=N–C) groups is 1. The molecule has 6 nitrogen and oxygen atoms in total. The molecule has 27 heavy (non-hydrogen) atoms. The maximum Gasteiger partial charge on any atom is 0.338 e. The molecule has 3 heterocycles. The molecule has 1 atom stereocenters. The predicted octanol–water partition coefficient (Wildman–Crippen LogP) is 3.80. The summed E-state index contributed by atoms with van der Waals surface area (Å²) in [6, 6.07) is 3.72. The van der Waals surface area contributed by atoms with E-state index < -0.39 is 0 Å². The van der Waals surface area contributed by atoms with E-state index in [9.17, 15) is 9.59 Å². The molecule has 0 saturated heterocycles. The van der Waals surface area contributed by atoms with Gasteiger partial charge in [0.05, 0.1) is 24.8 Å². The minimum Gasteiger partial charge on any atom is -0.466 e. The molecule has 0 aromatic carbocycles. The summed E-state index contributed by atoms with van der Waals surface area (Å²) in [6.45, 7) is 5.85. The standard InChI is InChI=1S/C19H23N3O3S2/c1-5-13-16(18(24)25-4)17(14-7-6-8-26-14)22-12(10-27-19(22)21-13)9-15(23)20-11(2)3/h6-8,10-11,17H,5,9H2,1-4H3,(H,20,23). The third-order valence-electron chi connectivity index (χ3n) is 4.23. The average Bonchev–Trinajstić information content (AvgIpc) is 3.29. The Morgan fingerprint density at radius 3 is 2.78 bits per heavy atom. The van der Waals surface area contributed by atoms with E-state index >= 15 is 0 Å². The third-order valence-corrected chi connectivity index (χ3v) is 6.05. The molecule has 1 aromatic rings. The highest BCUT2D eigenvalue weighted by molar-refractivity contribution is 8.16. The smallest absolute Gasteiger partial charge is 0.338 e. The summed E-state index contributed by atoms with van der Waals surface area (Å²) in [5.74, 6) is -0.427. The first-order chi connectivity index (χ1) is 13.0. The lowest BCUT2D eigenvalue weighted by molar-refractivity contribution is -0.136. The SMILES string of the molecule is CCC1=C(C(=O)OC)C(c2cccs2)N2C(CC(=O)NC(C)C)=CSC2=N1. The minimum atomic E-state index is -0.379. The van der Waals surface area contributed by atoms with Gasteiger partial charge in [0.25, 0.3) is 0 Å². The van der Waals surface area contributed by atoms with Gasteiger partial charge in [0.2, 0.25) is 5.91 Å². The van der Waals surface area contributed by atoms with E-state index in [1.165, 1.54) is 18.9 Å².